The van der Waals surface area contributed by atoms with Gasteiger partial charge in [0.15, 0.2) is 6.10 Å². The van der Waals surface area contributed by atoms with Crippen LogP contribution in [-0.2, 0) is 4.79 Å². The first-order valence-corrected chi connectivity index (χ1v) is 4.51. The van der Waals surface area contributed by atoms with Crippen molar-refractivity contribution in [2.45, 2.75) is 31.5 Å². The Hall–Kier alpha value is -0.820. The molecule has 4 nitrogen and oxygen atoms in total. The molecule has 0 amide bonds. The Morgan fingerprint density at radius 1 is 1.33 bits per heavy atom. The maximum absolute atomic E-state index is 11.8. The Labute approximate surface area is 85.1 Å². The van der Waals surface area contributed by atoms with Gasteiger partial charge in [0.25, 0.3) is 0 Å². The summed E-state index contributed by atoms with van der Waals surface area (Å²) < 4.78 is 35.3. The van der Waals surface area contributed by atoms with E-state index in [1.165, 1.54) is 0 Å². The van der Waals surface area contributed by atoms with E-state index >= 15 is 0 Å². The first-order chi connectivity index (χ1) is 6.84. The molecule has 0 aromatic carbocycles. The zero-order valence-electron chi connectivity index (χ0n) is 8.05. The van der Waals surface area contributed by atoms with Gasteiger partial charge in [-0.2, -0.15) is 13.2 Å². The number of carbonyl (C=O) groups is 1. The van der Waals surface area contributed by atoms with Crippen LogP contribution in [0.3, 0.4) is 0 Å². The molecule has 1 unspecified atom stereocenters. The van der Waals surface area contributed by atoms with E-state index in [0.29, 0.717) is 12.8 Å². The van der Waals surface area contributed by atoms with Crippen molar-refractivity contribution in [3.63, 3.8) is 0 Å². The third-order valence-corrected chi connectivity index (χ3v) is 1.71. The molecule has 7 heteroatoms. The van der Waals surface area contributed by atoms with Gasteiger partial charge in [0, 0.05) is 13.0 Å². The lowest BCUT2D eigenvalue weighted by Crippen LogP contribution is -2.38. The van der Waals surface area contributed by atoms with Crippen molar-refractivity contribution in [1.82, 2.24) is 5.32 Å². The number of carboxylic acids is 1. The number of aliphatic hydroxyl groups excluding tert-OH is 1. The molecule has 1 atom stereocenters. The Kier molecular flexibility index (Phi) is 6.26. The first-order valence-electron chi connectivity index (χ1n) is 4.51. The number of aliphatic carboxylic acids is 1. The molecule has 0 aliphatic heterocycles. The van der Waals surface area contributed by atoms with Crippen LogP contribution in [0.5, 0.6) is 0 Å². The third-order valence-electron chi connectivity index (χ3n) is 1.71. The van der Waals surface area contributed by atoms with Crippen LogP contribution in [0.4, 0.5) is 13.2 Å². The smallest absolute Gasteiger partial charge is 0.415 e. The number of carboxylic acid groups (broad SMARTS) is 1. The van der Waals surface area contributed by atoms with Crippen LogP contribution in [0.25, 0.3) is 0 Å². The fraction of sp³-hybridized carbons (Fsp3) is 0.875. The van der Waals surface area contributed by atoms with E-state index in [0.717, 1.165) is 0 Å². The van der Waals surface area contributed by atoms with Crippen molar-refractivity contribution >= 4 is 5.97 Å². The zero-order chi connectivity index (χ0) is 11.9. The predicted octanol–water partition coefficient (Wildman–Crippen LogP) is 0.754. The van der Waals surface area contributed by atoms with Gasteiger partial charge >= 0.3 is 12.1 Å². The van der Waals surface area contributed by atoms with E-state index in [-0.39, 0.29) is 13.0 Å². The molecular weight excluding hydrogens is 215 g/mol. The minimum atomic E-state index is -4.60. The number of aliphatic hydroxyl groups is 1. The van der Waals surface area contributed by atoms with Crippen LogP contribution in [0.2, 0.25) is 0 Å². The minimum absolute atomic E-state index is 0.00348. The molecule has 0 bridgehead atoms. The van der Waals surface area contributed by atoms with Crippen LogP contribution in [0.15, 0.2) is 0 Å². The SMILES string of the molecule is O=C(O)CCCCNCC(O)C(F)(F)F. The van der Waals surface area contributed by atoms with E-state index < -0.39 is 24.8 Å². The fourth-order valence-corrected chi connectivity index (χ4v) is 0.881. The number of halogens is 3. The highest BCUT2D eigenvalue weighted by Crippen LogP contribution is 2.19. The molecular formula is C8H14F3NO3. The second-order valence-corrected chi connectivity index (χ2v) is 3.11. The van der Waals surface area contributed by atoms with Gasteiger partial charge < -0.3 is 15.5 Å². The lowest BCUT2D eigenvalue weighted by Gasteiger charge is -2.14. The number of hydrogen-bond acceptors (Lipinski definition) is 3. The van der Waals surface area contributed by atoms with Gasteiger partial charge in [0.05, 0.1) is 0 Å². The van der Waals surface area contributed by atoms with E-state index in [9.17, 15) is 18.0 Å². The number of unbranched alkanes of at least 4 members (excludes halogenated alkanes) is 1. The molecule has 15 heavy (non-hydrogen) atoms. The lowest BCUT2D eigenvalue weighted by atomic mass is 10.2. The van der Waals surface area contributed by atoms with Crippen LogP contribution >= 0.6 is 0 Å². The molecule has 0 aromatic rings. The summed E-state index contributed by atoms with van der Waals surface area (Å²) in [6.07, 6.45) is -6.09. The van der Waals surface area contributed by atoms with Crippen molar-refractivity contribution in [2.24, 2.45) is 0 Å². The lowest BCUT2D eigenvalue weighted by molar-refractivity contribution is -0.201. The molecule has 0 aromatic heterocycles. The van der Waals surface area contributed by atoms with Gasteiger partial charge in [-0.3, -0.25) is 4.79 Å². The van der Waals surface area contributed by atoms with E-state index in [4.69, 9.17) is 10.2 Å². The van der Waals surface area contributed by atoms with Crippen molar-refractivity contribution in [1.29, 1.82) is 0 Å². The molecule has 0 rings (SSSR count). The molecule has 0 spiro atoms. The maximum atomic E-state index is 11.8. The summed E-state index contributed by atoms with van der Waals surface area (Å²) in [6, 6.07) is 0. The van der Waals surface area contributed by atoms with Crippen LogP contribution < -0.4 is 5.32 Å². The topological polar surface area (TPSA) is 69.6 Å². The van der Waals surface area contributed by atoms with Gasteiger partial charge in [-0.25, -0.2) is 0 Å². The Morgan fingerprint density at radius 2 is 1.93 bits per heavy atom. The summed E-state index contributed by atoms with van der Waals surface area (Å²) in [6.45, 7) is -0.295. The largest absolute Gasteiger partial charge is 0.481 e. The molecule has 0 fully saturated rings. The molecule has 0 aliphatic carbocycles. The van der Waals surface area contributed by atoms with E-state index in [1.54, 1.807) is 0 Å². The standard InChI is InChI=1S/C8H14F3NO3/c9-8(10,11)6(13)5-12-4-2-1-3-7(14)15/h6,12-13H,1-5H2,(H,14,15). The number of rotatable bonds is 7. The van der Waals surface area contributed by atoms with Crippen LogP contribution in [0.1, 0.15) is 19.3 Å². The molecule has 0 heterocycles. The predicted molar refractivity (Wildman–Crippen MR) is 46.4 cm³/mol. The number of nitrogens with one attached hydrogen (secondary N) is 1. The van der Waals surface area contributed by atoms with Gasteiger partial charge in [-0.05, 0) is 19.4 Å². The monoisotopic (exact) mass is 229 g/mol. The summed E-state index contributed by atoms with van der Waals surface area (Å²) in [4.78, 5) is 10.1. The highest BCUT2D eigenvalue weighted by atomic mass is 19.4. The Bertz CT molecular complexity index is 196. The van der Waals surface area contributed by atoms with E-state index in [1.807, 2.05) is 0 Å². The highest BCUT2D eigenvalue weighted by Gasteiger charge is 2.37. The second-order valence-electron chi connectivity index (χ2n) is 3.11. The quantitative estimate of drug-likeness (QED) is 0.563. The van der Waals surface area contributed by atoms with E-state index in [2.05, 4.69) is 5.32 Å². The van der Waals surface area contributed by atoms with Gasteiger partial charge in [0.1, 0.15) is 0 Å². The Balaban J connectivity index is 3.35. The van der Waals surface area contributed by atoms with Gasteiger partial charge in [-0.1, -0.05) is 0 Å². The third kappa shape index (κ3) is 8.19. The summed E-state index contributed by atoms with van der Waals surface area (Å²) in [7, 11) is 0. The van der Waals surface area contributed by atoms with Crippen molar-refractivity contribution in [2.75, 3.05) is 13.1 Å². The van der Waals surface area contributed by atoms with Gasteiger partial charge in [0.2, 0.25) is 0 Å². The van der Waals surface area contributed by atoms with Crippen LogP contribution in [-0.4, -0.2) is 41.6 Å². The highest BCUT2D eigenvalue weighted by molar-refractivity contribution is 5.66. The van der Waals surface area contributed by atoms with Crippen molar-refractivity contribution in [3.05, 3.63) is 0 Å². The first kappa shape index (κ1) is 14.2. The van der Waals surface area contributed by atoms with Crippen molar-refractivity contribution in [3.8, 4) is 0 Å². The molecule has 0 saturated carbocycles. The number of hydrogen-bond donors (Lipinski definition) is 3. The average molecular weight is 229 g/mol. The molecule has 0 saturated heterocycles. The molecule has 3 N–H and O–H groups in total. The minimum Gasteiger partial charge on any atom is -0.481 e. The van der Waals surface area contributed by atoms with Crippen LogP contribution in [0, 0.1) is 0 Å². The summed E-state index contributed by atoms with van der Waals surface area (Å²) >= 11 is 0. The fourth-order valence-electron chi connectivity index (χ4n) is 0.881. The average Bonchev–Trinajstić information content (AvgIpc) is 2.08. The summed E-state index contributed by atoms with van der Waals surface area (Å²) in [5, 5.41) is 19.2. The van der Waals surface area contributed by atoms with Crippen molar-refractivity contribution < 1.29 is 28.2 Å². The Morgan fingerprint density at radius 3 is 2.40 bits per heavy atom. The maximum Gasteiger partial charge on any atom is 0.415 e. The summed E-state index contributed by atoms with van der Waals surface area (Å²) in [5.74, 6) is -0.926. The molecule has 0 aliphatic rings. The zero-order valence-corrected chi connectivity index (χ0v) is 8.05. The molecule has 0 radical (unpaired) electrons. The van der Waals surface area contributed by atoms with Gasteiger partial charge in [-0.15, -0.1) is 0 Å². The molecule has 90 valence electrons. The summed E-state index contributed by atoms with van der Waals surface area (Å²) in [5.41, 5.74) is 0. The second kappa shape index (κ2) is 6.62. The normalized spacial score (nSPS) is 13.9. The number of alkyl halides is 3.